The van der Waals surface area contributed by atoms with Gasteiger partial charge in [-0.25, -0.2) is 0 Å². The van der Waals surface area contributed by atoms with Gasteiger partial charge < -0.3 is 9.63 Å². The molecule has 2 aromatic rings. The van der Waals surface area contributed by atoms with Crippen LogP contribution in [0.5, 0.6) is 0 Å². The number of aliphatic hydroxyl groups is 1. The van der Waals surface area contributed by atoms with E-state index in [9.17, 15) is 5.11 Å². The highest BCUT2D eigenvalue weighted by Crippen LogP contribution is 2.36. The first-order valence-corrected chi connectivity index (χ1v) is 6.82. The molecule has 100 valence electrons. The third-order valence-corrected chi connectivity index (χ3v) is 3.70. The highest BCUT2D eigenvalue weighted by Gasteiger charge is 2.27. The molecule has 0 radical (unpaired) electrons. The van der Waals surface area contributed by atoms with E-state index in [1.54, 1.807) is 6.92 Å². The summed E-state index contributed by atoms with van der Waals surface area (Å²) in [7, 11) is 0. The number of aromatic nitrogens is 2. The van der Waals surface area contributed by atoms with Gasteiger partial charge >= 0.3 is 0 Å². The fourth-order valence-corrected chi connectivity index (χ4v) is 2.67. The van der Waals surface area contributed by atoms with Crippen molar-refractivity contribution in [1.82, 2.24) is 10.1 Å². The topological polar surface area (TPSA) is 59.2 Å². The predicted octanol–water partition coefficient (Wildman–Crippen LogP) is 2.46. The molecule has 0 spiro atoms. The summed E-state index contributed by atoms with van der Waals surface area (Å²) in [5, 5.41) is 13.4. The maximum Gasteiger partial charge on any atom is 0.226 e. The summed E-state index contributed by atoms with van der Waals surface area (Å²) >= 11 is 0. The first kappa shape index (κ1) is 12.4. The number of aryl methyl sites for hydroxylation is 2. The highest BCUT2D eigenvalue weighted by molar-refractivity contribution is 5.38. The van der Waals surface area contributed by atoms with Gasteiger partial charge in [-0.1, -0.05) is 29.4 Å². The molecular weight excluding hydrogens is 240 g/mol. The minimum absolute atomic E-state index is 0.264. The fourth-order valence-electron chi connectivity index (χ4n) is 2.67. The van der Waals surface area contributed by atoms with E-state index in [0.717, 1.165) is 18.7 Å². The number of benzene rings is 1. The van der Waals surface area contributed by atoms with Gasteiger partial charge in [-0.15, -0.1) is 0 Å². The molecule has 0 aliphatic heterocycles. The Hall–Kier alpha value is -1.68. The quantitative estimate of drug-likeness (QED) is 0.915. The van der Waals surface area contributed by atoms with Gasteiger partial charge in [0.05, 0.1) is 6.10 Å². The van der Waals surface area contributed by atoms with Crippen LogP contribution in [0.3, 0.4) is 0 Å². The molecule has 1 aliphatic rings. The van der Waals surface area contributed by atoms with Crippen LogP contribution in [0.2, 0.25) is 0 Å². The van der Waals surface area contributed by atoms with Crippen molar-refractivity contribution in [3.05, 3.63) is 47.1 Å². The van der Waals surface area contributed by atoms with Crippen molar-refractivity contribution in [3.63, 3.8) is 0 Å². The smallest absolute Gasteiger partial charge is 0.226 e. The van der Waals surface area contributed by atoms with Crippen LogP contribution in [-0.2, 0) is 12.8 Å². The van der Waals surface area contributed by atoms with Crippen molar-refractivity contribution >= 4 is 0 Å². The van der Waals surface area contributed by atoms with Gasteiger partial charge in [0.1, 0.15) is 0 Å². The maximum atomic E-state index is 9.27. The van der Waals surface area contributed by atoms with Crippen LogP contribution in [0.25, 0.3) is 0 Å². The Labute approximate surface area is 112 Å². The van der Waals surface area contributed by atoms with Crippen LogP contribution in [0.15, 0.2) is 28.8 Å². The molecule has 1 heterocycles. The SMILES string of the molecule is CC(O)CCc1nc(C2CCc3ccccc32)no1. The third-order valence-electron chi connectivity index (χ3n) is 3.70. The van der Waals surface area contributed by atoms with Crippen molar-refractivity contribution in [2.75, 3.05) is 0 Å². The summed E-state index contributed by atoms with van der Waals surface area (Å²) < 4.78 is 5.27. The van der Waals surface area contributed by atoms with Crippen LogP contribution in [-0.4, -0.2) is 21.4 Å². The standard InChI is InChI=1S/C15H18N2O2/c1-10(18)6-9-14-16-15(17-19-14)13-8-7-11-4-2-3-5-12(11)13/h2-5,10,13,18H,6-9H2,1H3. The fraction of sp³-hybridized carbons (Fsp3) is 0.467. The van der Waals surface area contributed by atoms with Gasteiger partial charge in [0.15, 0.2) is 5.82 Å². The summed E-state index contributed by atoms with van der Waals surface area (Å²) in [5.41, 5.74) is 2.72. The van der Waals surface area contributed by atoms with Gasteiger partial charge in [-0.2, -0.15) is 4.98 Å². The lowest BCUT2D eigenvalue weighted by Gasteiger charge is -2.05. The number of hydrogen-bond donors (Lipinski definition) is 1. The summed E-state index contributed by atoms with van der Waals surface area (Å²) in [6, 6.07) is 8.46. The van der Waals surface area contributed by atoms with Crippen molar-refractivity contribution in [2.45, 2.75) is 44.6 Å². The van der Waals surface area contributed by atoms with Crippen LogP contribution < -0.4 is 0 Å². The summed E-state index contributed by atoms with van der Waals surface area (Å²) in [6.07, 6.45) is 3.09. The number of aliphatic hydroxyl groups excluding tert-OH is 1. The highest BCUT2D eigenvalue weighted by atomic mass is 16.5. The molecule has 1 aliphatic carbocycles. The molecule has 2 atom stereocenters. The molecule has 0 amide bonds. The van der Waals surface area contributed by atoms with E-state index in [1.807, 2.05) is 0 Å². The van der Waals surface area contributed by atoms with E-state index < -0.39 is 0 Å². The zero-order valence-electron chi connectivity index (χ0n) is 11.0. The Morgan fingerprint density at radius 3 is 3.11 bits per heavy atom. The number of hydrogen-bond acceptors (Lipinski definition) is 4. The normalized spacial score (nSPS) is 19.4. The Balaban J connectivity index is 1.77. The average molecular weight is 258 g/mol. The Kier molecular flexibility index (Phi) is 3.34. The summed E-state index contributed by atoms with van der Waals surface area (Å²) in [5.74, 6) is 1.67. The average Bonchev–Trinajstić information content (AvgIpc) is 3.02. The molecule has 4 nitrogen and oxygen atoms in total. The van der Waals surface area contributed by atoms with Gasteiger partial charge in [0.25, 0.3) is 0 Å². The molecule has 1 N–H and O–H groups in total. The molecule has 19 heavy (non-hydrogen) atoms. The first-order valence-electron chi connectivity index (χ1n) is 6.82. The third kappa shape index (κ3) is 2.54. The number of nitrogens with zero attached hydrogens (tertiary/aromatic N) is 2. The number of rotatable bonds is 4. The molecule has 3 rings (SSSR count). The van der Waals surface area contributed by atoms with Crippen LogP contribution >= 0.6 is 0 Å². The van der Waals surface area contributed by atoms with Crippen molar-refractivity contribution in [2.24, 2.45) is 0 Å². The molecule has 0 fully saturated rings. The van der Waals surface area contributed by atoms with E-state index >= 15 is 0 Å². The van der Waals surface area contributed by atoms with E-state index in [1.165, 1.54) is 11.1 Å². The minimum atomic E-state index is -0.331. The predicted molar refractivity (Wildman–Crippen MR) is 70.9 cm³/mol. The lowest BCUT2D eigenvalue weighted by molar-refractivity contribution is 0.180. The summed E-state index contributed by atoms with van der Waals surface area (Å²) in [6.45, 7) is 1.77. The maximum absolute atomic E-state index is 9.27. The monoisotopic (exact) mass is 258 g/mol. The van der Waals surface area contributed by atoms with Crippen molar-refractivity contribution < 1.29 is 9.63 Å². The zero-order chi connectivity index (χ0) is 13.2. The van der Waals surface area contributed by atoms with E-state index in [2.05, 4.69) is 34.4 Å². The number of fused-ring (bicyclic) bond motifs is 1. The van der Waals surface area contributed by atoms with E-state index in [-0.39, 0.29) is 12.0 Å². The largest absolute Gasteiger partial charge is 0.393 e. The van der Waals surface area contributed by atoms with Crippen LogP contribution in [0, 0.1) is 0 Å². The molecule has 1 aromatic heterocycles. The summed E-state index contributed by atoms with van der Waals surface area (Å²) in [4.78, 5) is 4.47. The lowest BCUT2D eigenvalue weighted by Crippen LogP contribution is -2.02. The molecule has 4 heteroatoms. The van der Waals surface area contributed by atoms with Crippen LogP contribution in [0.1, 0.15) is 48.5 Å². The Morgan fingerprint density at radius 1 is 1.42 bits per heavy atom. The van der Waals surface area contributed by atoms with Gasteiger partial charge in [0, 0.05) is 12.3 Å². The molecule has 0 saturated heterocycles. The van der Waals surface area contributed by atoms with Gasteiger partial charge in [-0.05, 0) is 37.3 Å². The Morgan fingerprint density at radius 2 is 2.26 bits per heavy atom. The molecule has 0 bridgehead atoms. The van der Waals surface area contributed by atoms with Crippen molar-refractivity contribution in [3.8, 4) is 0 Å². The molecule has 2 unspecified atom stereocenters. The second-order valence-electron chi connectivity index (χ2n) is 5.22. The molecular formula is C15H18N2O2. The molecule has 0 saturated carbocycles. The minimum Gasteiger partial charge on any atom is -0.393 e. The van der Waals surface area contributed by atoms with Gasteiger partial charge in [-0.3, -0.25) is 0 Å². The van der Waals surface area contributed by atoms with Gasteiger partial charge in [0.2, 0.25) is 5.89 Å². The van der Waals surface area contributed by atoms with Crippen molar-refractivity contribution in [1.29, 1.82) is 0 Å². The van der Waals surface area contributed by atoms with Crippen LogP contribution in [0.4, 0.5) is 0 Å². The zero-order valence-corrected chi connectivity index (χ0v) is 11.0. The second-order valence-corrected chi connectivity index (χ2v) is 5.22. The lowest BCUT2D eigenvalue weighted by atomic mass is 10.0. The van der Waals surface area contributed by atoms with E-state index in [0.29, 0.717) is 18.7 Å². The first-order chi connectivity index (χ1) is 9.24. The molecule has 1 aromatic carbocycles. The second kappa shape index (κ2) is 5.13. The van der Waals surface area contributed by atoms with E-state index in [4.69, 9.17) is 4.52 Å². The Bertz CT molecular complexity index is 563.